The molecule has 0 bridgehead atoms. The highest BCUT2D eigenvalue weighted by atomic mass is 16.2. The van der Waals surface area contributed by atoms with Crippen molar-refractivity contribution in [3.8, 4) is 6.07 Å². The van der Waals surface area contributed by atoms with Crippen molar-refractivity contribution in [3.63, 3.8) is 0 Å². The normalized spacial score (nSPS) is 29.1. The molecule has 0 aromatic rings. The third kappa shape index (κ3) is 4.33. The van der Waals surface area contributed by atoms with E-state index in [0.717, 1.165) is 51.1 Å². The number of carbonyl (C=O) groups is 2. The first-order chi connectivity index (χ1) is 12.0. The fourth-order valence-corrected chi connectivity index (χ4v) is 4.46. The first kappa shape index (κ1) is 18.2. The standard InChI is InChI=1S/C19H30N4O2/c20-13-19(10-11-23(14-19)12-15-4-5-15)22-16(24)6-9-18(17(21)25)7-2-1-3-8-18/h15H,1-12,14H2,(H2,21,25)(H,22,24). The second-order valence-corrected chi connectivity index (χ2v) is 8.38. The molecule has 2 amide bonds. The molecule has 0 spiro atoms. The zero-order valence-electron chi connectivity index (χ0n) is 15.1. The molecule has 25 heavy (non-hydrogen) atoms. The first-order valence-corrected chi connectivity index (χ1v) is 9.72. The number of carbonyl (C=O) groups excluding carboxylic acids is 2. The van der Waals surface area contributed by atoms with Crippen molar-refractivity contribution >= 4 is 11.8 Å². The highest BCUT2D eigenvalue weighted by Gasteiger charge is 2.42. The van der Waals surface area contributed by atoms with Crippen LogP contribution in [0.2, 0.25) is 0 Å². The molecule has 6 heteroatoms. The van der Waals surface area contributed by atoms with E-state index in [0.29, 0.717) is 19.4 Å². The van der Waals surface area contributed by atoms with Crippen LogP contribution < -0.4 is 11.1 Å². The zero-order chi connectivity index (χ0) is 17.9. The maximum atomic E-state index is 12.5. The molecule has 1 unspecified atom stereocenters. The largest absolute Gasteiger partial charge is 0.369 e. The summed E-state index contributed by atoms with van der Waals surface area (Å²) in [6.45, 7) is 2.53. The summed E-state index contributed by atoms with van der Waals surface area (Å²) in [5, 5.41) is 12.6. The summed E-state index contributed by atoms with van der Waals surface area (Å²) >= 11 is 0. The van der Waals surface area contributed by atoms with E-state index in [1.807, 2.05) is 0 Å². The number of primary amides is 1. The summed E-state index contributed by atoms with van der Waals surface area (Å²) in [6, 6.07) is 2.34. The van der Waals surface area contributed by atoms with E-state index < -0.39 is 11.0 Å². The van der Waals surface area contributed by atoms with Gasteiger partial charge in [0.15, 0.2) is 0 Å². The lowest BCUT2D eigenvalue weighted by atomic mass is 9.70. The highest BCUT2D eigenvalue weighted by Crippen LogP contribution is 2.40. The van der Waals surface area contributed by atoms with Crippen LogP contribution in [-0.2, 0) is 9.59 Å². The Labute approximate surface area is 150 Å². The van der Waals surface area contributed by atoms with Gasteiger partial charge < -0.3 is 11.1 Å². The van der Waals surface area contributed by atoms with E-state index in [4.69, 9.17) is 5.73 Å². The van der Waals surface area contributed by atoms with Crippen molar-refractivity contribution in [3.05, 3.63) is 0 Å². The van der Waals surface area contributed by atoms with Crippen LogP contribution in [0.3, 0.4) is 0 Å². The summed E-state index contributed by atoms with van der Waals surface area (Å²) in [7, 11) is 0. The molecule has 3 fully saturated rings. The van der Waals surface area contributed by atoms with Crippen molar-refractivity contribution in [1.82, 2.24) is 10.2 Å². The van der Waals surface area contributed by atoms with Gasteiger partial charge in [-0.2, -0.15) is 5.26 Å². The molecule has 3 N–H and O–H groups in total. The van der Waals surface area contributed by atoms with Crippen molar-refractivity contribution in [2.45, 2.75) is 69.7 Å². The van der Waals surface area contributed by atoms with Crippen LogP contribution in [-0.4, -0.2) is 41.9 Å². The maximum Gasteiger partial charge on any atom is 0.223 e. The minimum absolute atomic E-state index is 0.124. The average molecular weight is 346 g/mol. The zero-order valence-corrected chi connectivity index (χ0v) is 15.1. The van der Waals surface area contributed by atoms with Gasteiger partial charge in [-0.25, -0.2) is 0 Å². The van der Waals surface area contributed by atoms with Gasteiger partial charge in [-0.3, -0.25) is 14.5 Å². The van der Waals surface area contributed by atoms with Crippen LogP contribution in [0.1, 0.15) is 64.2 Å². The summed E-state index contributed by atoms with van der Waals surface area (Å²) in [5.74, 6) is 0.388. The molecule has 3 rings (SSSR count). The SMILES string of the molecule is N#CC1(NC(=O)CCC2(C(N)=O)CCCCC2)CCN(CC2CC2)C1. The van der Waals surface area contributed by atoms with Gasteiger partial charge in [0.2, 0.25) is 11.8 Å². The number of amides is 2. The number of hydrogen-bond acceptors (Lipinski definition) is 4. The molecule has 2 saturated carbocycles. The van der Waals surface area contributed by atoms with Gasteiger partial charge in [-0.1, -0.05) is 19.3 Å². The Morgan fingerprint density at radius 2 is 1.92 bits per heavy atom. The van der Waals surface area contributed by atoms with Gasteiger partial charge in [0.05, 0.1) is 6.07 Å². The predicted octanol–water partition coefficient (Wildman–Crippen LogP) is 1.70. The van der Waals surface area contributed by atoms with Gasteiger partial charge in [-0.05, 0) is 44.4 Å². The maximum absolute atomic E-state index is 12.5. The molecule has 0 aromatic carbocycles. The Morgan fingerprint density at radius 1 is 1.20 bits per heavy atom. The van der Waals surface area contributed by atoms with Crippen molar-refractivity contribution in [1.29, 1.82) is 5.26 Å². The third-order valence-corrected chi connectivity index (χ3v) is 6.32. The van der Waals surface area contributed by atoms with Crippen molar-refractivity contribution in [2.75, 3.05) is 19.6 Å². The lowest BCUT2D eigenvalue weighted by molar-refractivity contribution is -0.131. The van der Waals surface area contributed by atoms with Gasteiger partial charge in [-0.15, -0.1) is 0 Å². The molecule has 138 valence electrons. The monoisotopic (exact) mass is 346 g/mol. The Balaban J connectivity index is 1.52. The van der Waals surface area contributed by atoms with Crippen LogP contribution in [0, 0.1) is 22.7 Å². The highest BCUT2D eigenvalue weighted by molar-refractivity contribution is 5.83. The molecule has 1 heterocycles. The first-order valence-electron chi connectivity index (χ1n) is 9.72. The van der Waals surface area contributed by atoms with Crippen LogP contribution >= 0.6 is 0 Å². The van der Waals surface area contributed by atoms with Gasteiger partial charge in [0, 0.05) is 31.5 Å². The van der Waals surface area contributed by atoms with E-state index in [1.54, 1.807) is 0 Å². The summed E-state index contributed by atoms with van der Waals surface area (Å²) in [4.78, 5) is 26.7. The second kappa shape index (κ2) is 7.33. The average Bonchev–Trinajstić information content (AvgIpc) is 3.33. The number of nitrogens with one attached hydrogen (secondary N) is 1. The molecule has 0 aromatic heterocycles. The quantitative estimate of drug-likeness (QED) is 0.733. The molecular formula is C19H30N4O2. The van der Waals surface area contributed by atoms with Crippen molar-refractivity contribution < 1.29 is 9.59 Å². The topological polar surface area (TPSA) is 99.2 Å². The smallest absolute Gasteiger partial charge is 0.223 e. The van der Waals surface area contributed by atoms with Gasteiger partial charge in [0.1, 0.15) is 5.54 Å². The van der Waals surface area contributed by atoms with E-state index in [1.165, 1.54) is 12.8 Å². The lowest BCUT2D eigenvalue weighted by Gasteiger charge is -2.34. The van der Waals surface area contributed by atoms with Gasteiger partial charge in [0.25, 0.3) is 0 Å². The number of rotatable bonds is 7. The minimum atomic E-state index is -0.765. The number of nitriles is 1. The van der Waals surface area contributed by atoms with E-state index >= 15 is 0 Å². The van der Waals surface area contributed by atoms with Crippen LogP contribution in [0.4, 0.5) is 0 Å². The summed E-state index contributed by atoms with van der Waals surface area (Å²) in [6.07, 6.45) is 8.75. The summed E-state index contributed by atoms with van der Waals surface area (Å²) in [5.41, 5.74) is 4.35. The van der Waals surface area contributed by atoms with E-state index in [2.05, 4.69) is 16.3 Å². The van der Waals surface area contributed by atoms with Crippen LogP contribution in [0.5, 0.6) is 0 Å². The van der Waals surface area contributed by atoms with Crippen LogP contribution in [0.15, 0.2) is 0 Å². The van der Waals surface area contributed by atoms with Crippen molar-refractivity contribution in [2.24, 2.45) is 17.1 Å². The molecule has 1 aliphatic heterocycles. The molecule has 1 saturated heterocycles. The third-order valence-electron chi connectivity index (χ3n) is 6.32. The molecule has 1 atom stereocenters. The number of hydrogen-bond donors (Lipinski definition) is 2. The minimum Gasteiger partial charge on any atom is -0.369 e. The fourth-order valence-electron chi connectivity index (χ4n) is 4.46. The van der Waals surface area contributed by atoms with Crippen LogP contribution in [0.25, 0.3) is 0 Å². The fraction of sp³-hybridized carbons (Fsp3) is 0.842. The number of likely N-dealkylation sites (tertiary alicyclic amines) is 1. The van der Waals surface area contributed by atoms with Gasteiger partial charge >= 0.3 is 0 Å². The Bertz CT molecular complexity index is 560. The molecular weight excluding hydrogens is 316 g/mol. The van der Waals surface area contributed by atoms with E-state index in [9.17, 15) is 14.9 Å². The second-order valence-electron chi connectivity index (χ2n) is 8.38. The lowest BCUT2D eigenvalue weighted by Crippen LogP contribution is -2.50. The Kier molecular flexibility index (Phi) is 5.33. The molecule has 3 aliphatic rings. The molecule has 2 aliphatic carbocycles. The predicted molar refractivity (Wildman–Crippen MR) is 94.2 cm³/mol. The Morgan fingerprint density at radius 3 is 2.52 bits per heavy atom. The summed E-state index contributed by atoms with van der Waals surface area (Å²) < 4.78 is 0. The number of nitrogens with zero attached hydrogens (tertiary/aromatic N) is 2. The van der Waals surface area contributed by atoms with E-state index in [-0.39, 0.29) is 18.2 Å². The Hall–Kier alpha value is -1.61. The number of nitrogens with two attached hydrogens (primary N) is 1. The molecule has 6 nitrogen and oxygen atoms in total. The molecule has 0 radical (unpaired) electrons.